The fourth-order valence-corrected chi connectivity index (χ4v) is 2.97. The third kappa shape index (κ3) is 2.27. The lowest BCUT2D eigenvalue weighted by Crippen LogP contribution is -2.06. The van der Waals surface area contributed by atoms with E-state index in [4.69, 9.17) is 5.73 Å². The van der Waals surface area contributed by atoms with E-state index in [-0.39, 0.29) is 0 Å². The fraction of sp³-hybridized carbons (Fsp3) is 0.286. The van der Waals surface area contributed by atoms with Gasteiger partial charge in [0, 0.05) is 34.7 Å². The van der Waals surface area contributed by atoms with Crippen molar-refractivity contribution in [2.24, 2.45) is 0 Å². The largest absolute Gasteiger partial charge is 0.369 e. The molecule has 0 radical (unpaired) electrons. The van der Waals surface area contributed by atoms with Gasteiger partial charge in [-0.3, -0.25) is 9.19 Å². The number of nitrogens with two attached hydrogens (primary N) is 1. The van der Waals surface area contributed by atoms with Crippen molar-refractivity contribution in [3.63, 3.8) is 0 Å². The standard InChI is InChI=1S/C14H16N4OS/c1-20(19)8-4-7-18-13-10-5-2-3-6-11(10)16-9-12(13)17-14(18)15/h2-3,5-6,9H,4,7-8H2,1H3,(H2,15,17). The van der Waals surface area contributed by atoms with Gasteiger partial charge in [0.2, 0.25) is 5.95 Å². The minimum absolute atomic E-state index is 0.486. The van der Waals surface area contributed by atoms with Crippen LogP contribution < -0.4 is 5.73 Å². The van der Waals surface area contributed by atoms with Crippen LogP contribution in [-0.2, 0) is 17.3 Å². The smallest absolute Gasteiger partial charge is 0.201 e. The molecule has 5 nitrogen and oxygen atoms in total. The molecule has 2 N–H and O–H groups in total. The number of hydrogen-bond donors (Lipinski definition) is 1. The Kier molecular flexibility index (Phi) is 3.40. The van der Waals surface area contributed by atoms with Crippen LogP contribution >= 0.6 is 0 Å². The van der Waals surface area contributed by atoms with E-state index < -0.39 is 10.8 Å². The van der Waals surface area contributed by atoms with Crippen LogP contribution in [0.2, 0.25) is 0 Å². The van der Waals surface area contributed by atoms with E-state index in [0.717, 1.165) is 34.9 Å². The maximum absolute atomic E-state index is 11.2. The molecule has 0 spiro atoms. The third-order valence-corrected chi connectivity index (χ3v) is 4.19. The number of pyridine rings is 1. The zero-order chi connectivity index (χ0) is 14.1. The first-order chi connectivity index (χ1) is 9.66. The Bertz CT molecular complexity index is 796. The predicted molar refractivity (Wildman–Crippen MR) is 83.0 cm³/mol. The molecular formula is C14H16N4OS. The Morgan fingerprint density at radius 3 is 2.90 bits per heavy atom. The number of para-hydroxylation sites is 1. The summed E-state index contributed by atoms with van der Waals surface area (Å²) < 4.78 is 13.2. The highest BCUT2D eigenvalue weighted by molar-refractivity contribution is 7.84. The topological polar surface area (TPSA) is 73.8 Å². The van der Waals surface area contributed by atoms with E-state index >= 15 is 0 Å². The van der Waals surface area contributed by atoms with Crippen LogP contribution in [0.1, 0.15) is 6.42 Å². The van der Waals surface area contributed by atoms with E-state index in [1.807, 2.05) is 28.8 Å². The summed E-state index contributed by atoms with van der Waals surface area (Å²) in [6.07, 6.45) is 4.28. The van der Waals surface area contributed by atoms with Crippen LogP contribution in [0.5, 0.6) is 0 Å². The highest BCUT2D eigenvalue weighted by Gasteiger charge is 2.11. The summed E-state index contributed by atoms with van der Waals surface area (Å²) in [5, 5.41) is 1.05. The minimum atomic E-state index is -0.781. The number of aryl methyl sites for hydroxylation is 1. The number of fused-ring (bicyclic) bond motifs is 3. The Morgan fingerprint density at radius 1 is 1.30 bits per heavy atom. The zero-order valence-electron chi connectivity index (χ0n) is 11.2. The molecule has 0 saturated heterocycles. The van der Waals surface area contributed by atoms with Crippen LogP contribution in [-0.4, -0.2) is 30.8 Å². The number of benzene rings is 1. The summed E-state index contributed by atoms with van der Waals surface area (Å²) in [4.78, 5) is 8.76. The molecule has 0 aliphatic rings. The molecule has 0 aliphatic carbocycles. The van der Waals surface area contributed by atoms with Gasteiger partial charge in [0.05, 0.1) is 17.2 Å². The van der Waals surface area contributed by atoms with Crippen LogP contribution in [0.3, 0.4) is 0 Å². The first-order valence-corrected chi connectivity index (χ1v) is 8.19. The highest BCUT2D eigenvalue weighted by atomic mass is 32.2. The molecule has 1 unspecified atom stereocenters. The lowest BCUT2D eigenvalue weighted by Gasteiger charge is -2.07. The van der Waals surface area contributed by atoms with Crippen LogP contribution in [0.15, 0.2) is 30.5 Å². The zero-order valence-corrected chi connectivity index (χ0v) is 12.1. The van der Waals surface area contributed by atoms with Crippen molar-refractivity contribution in [3.8, 4) is 0 Å². The Labute approximate surface area is 119 Å². The van der Waals surface area contributed by atoms with Crippen molar-refractivity contribution in [1.82, 2.24) is 14.5 Å². The van der Waals surface area contributed by atoms with Crippen LogP contribution in [0.25, 0.3) is 21.9 Å². The number of imidazole rings is 1. The molecule has 0 fully saturated rings. The molecule has 0 amide bonds. The average molecular weight is 288 g/mol. The molecule has 0 saturated carbocycles. The molecule has 3 rings (SSSR count). The van der Waals surface area contributed by atoms with Gasteiger partial charge >= 0.3 is 0 Å². The quantitative estimate of drug-likeness (QED) is 0.796. The number of hydrogen-bond acceptors (Lipinski definition) is 4. The van der Waals surface area contributed by atoms with Gasteiger partial charge in [-0.25, -0.2) is 4.98 Å². The van der Waals surface area contributed by atoms with Crippen molar-refractivity contribution >= 4 is 38.7 Å². The minimum Gasteiger partial charge on any atom is -0.369 e. The van der Waals surface area contributed by atoms with Crippen molar-refractivity contribution in [2.45, 2.75) is 13.0 Å². The highest BCUT2D eigenvalue weighted by Crippen LogP contribution is 2.25. The van der Waals surface area contributed by atoms with Gasteiger partial charge in [-0.1, -0.05) is 18.2 Å². The second kappa shape index (κ2) is 5.20. The second-order valence-electron chi connectivity index (χ2n) is 4.76. The molecule has 1 atom stereocenters. The summed E-state index contributed by atoms with van der Waals surface area (Å²) in [5.74, 6) is 1.15. The van der Waals surface area contributed by atoms with Gasteiger partial charge in [-0.05, 0) is 12.5 Å². The van der Waals surface area contributed by atoms with Gasteiger partial charge in [0.1, 0.15) is 5.52 Å². The SMILES string of the molecule is CS(=O)CCCn1c(N)nc2cnc3ccccc3c21. The first kappa shape index (κ1) is 13.1. The maximum atomic E-state index is 11.2. The Balaban J connectivity index is 2.12. The molecule has 1 aromatic carbocycles. The predicted octanol–water partition coefficient (Wildman–Crippen LogP) is 1.94. The summed E-state index contributed by atoms with van der Waals surface area (Å²) >= 11 is 0. The van der Waals surface area contributed by atoms with E-state index in [2.05, 4.69) is 9.97 Å². The van der Waals surface area contributed by atoms with E-state index in [1.165, 1.54) is 0 Å². The van der Waals surface area contributed by atoms with Crippen molar-refractivity contribution in [1.29, 1.82) is 0 Å². The number of rotatable bonds is 4. The molecule has 104 valence electrons. The normalized spacial score (nSPS) is 13.1. The molecular weight excluding hydrogens is 272 g/mol. The molecule has 2 heterocycles. The summed E-state index contributed by atoms with van der Waals surface area (Å²) in [5.41, 5.74) is 8.75. The molecule has 3 aromatic rings. The fourth-order valence-electron chi connectivity index (χ4n) is 2.43. The van der Waals surface area contributed by atoms with Gasteiger partial charge in [-0.2, -0.15) is 0 Å². The number of nitrogens with zero attached hydrogens (tertiary/aromatic N) is 3. The van der Waals surface area contributed by atoms with Crippen LogP contribution in [0.4, 0.5) is 5.95 Å². The number of nitrogen functional groups attached to an aromatic ring is 1. The lowest BCUT2D eigenvalue weighted by atomic mass is 10.2. The van der Waals surface area contributed by atoms with Crippen molar-refractivity contribution < 1.29 is 4.21 Å². The third-order valence-electron chi connectivity index (χ3n) is 3.32. The van der Waals surface area contributed by atoms with Gasteiger partial charge in [-0.15, -0.1) is 0 Å². The van der Waals surface area contributed by atoms with Crippen LogP contribution in [0, 0.1) is 0 Å². The Morgan fingerprint density at radius 2 is 2.10 bits per heavy atom. The maximum Gasteiger partial charge on any atom is 0.201 e. The molecule has 2 aromatic heterocycles. The first-order valence-electron chi connectivity index (χ1n) is 6.46. The van der Waals surface area contributed by atoms with Gasteiger partial charge < -0.3 is 10.3 Å². The van der Waals surface area contributed by atoms with Gasteiger partial charge in [0.25, 0.3) is 0 Å². The molecule has 0 bridgehead atoms. The van der Waals surface area contributed by atoms with E-state index in [1.54, 1.807) is 12.5 Å². The second-order valence-corrected chi connectivity index (χ2v) is 6.32. The monoisotopic (exact) mass is 288 g/mol. The van der Waals surface area contributed by atoms with E-state index in [9.17, 15) is 4.21 Å². The van der Waals surface area contributed by atoms with Gasteiger partial charge in [0.15, 0.2) is 0 Å². The summed E-state index contributed by atoms with van der Waals surface area (Å²) in [6, 6.07) is 7.95. The summed E-state index contributed by atoms with van der Waals surface area (Å²) in [6.45, 7) is 0.718. The summed E-state index contributed by atoms with van der Waals surface area (Å²) in [7, 11) is -0.781. The number of aromatic nitrogens is 3. The van der Waals surface area contributed by atoms with E-state index in [0.29, 0.717) is 11.7 Å². The Hall–Kier alpha value is -1.95. The molecule has 6 heteroatoms. The van der Waals surface area contributed by atoms with Crippen molar-refractivity contribution in [3.05, 3.63) is 30.5 Å². The molecule has 0 aliphatic heterocycles. The average Bonchev–Trinajstić information content (AvgIpc) is 2.75. The molecule has 20 heavy (non-hydrogen) atoms. The lowest BCUT2D eigenvalue weighted by molar-refractivity contribution is 0.671. The van der Waals surface area contributed by atoms with Crippen molar-refractivity contribution in [2.75, 3.05) is 17.7 Å². The number of anilines is 1.